The second-order valence-electron chi connectivity index (χ2n) is 5.97. The molecule has 3 heteroatoms. The molecular weight excluding hydrogens is 258 g/mol. The zero-order valence-corrected chi connectivity index (χ0v) is 12.1. The van der Waals surface area contributed by atoms with Gasteiger partial charge in [0.25, 0.3) is 0 Å². The molecule has 0 aromatic heterocycles. The van der Waals surface area contributed by atoms with E-state index in [2.05, 4.69) is 11.0 Å². The summed E-state index contributed by atoms with van der Waals surface area (Å²) in [7, 11) is 0. The van der Waals surface area contributed by atoms with Crippen LogP contribution in [0.25, 0.3) is 0 Å². The molecule has 0 bridgehead atoms. The fraction of sp³-hybridized carbons (Fsp3) is 0.625. The molecule has 1 aliphatic heterocycles. The summed E-state index contributed by atoms with van der Waals surface area (Å²) in [6, 6.07) is 5.89. The summed E-state index contributed by atoms with van der Waals surface area (Å²) in [5, 5.41) is 10.2. The third kappa shape index (κ3) is 2.75. The third-order valence-corrected chi connectivity index (χ3v) is 5.08. The Kier molecular flexibility index (Phi) is 3.99. The first-order valence-electron chi connectivity index (χ1n) is 7.42. The normalized spacial score (nSPS) is 27.2. The quantitative estimate of drug-likeness (QED) is 0.889. The van der Waals surface area contributed by atoms with E-state index in [1.54, 1.807) is 0 Å². The minimum atomic E-state index is 0.0699. The number of halogens is 1. The van der Waals surface area contributed by atoms with Crippen LogP contribution in [-0.2, 0) is 6.61 Å². The number of benzene rings is 1. The van der Waals surface area contributed by atoms with Gasteiger partial charge in [-0.25, -0.2) is 0 Å². The SMILES string of the molecule is OCc1cc(Cl)ccc1N1CCC2CCCCC2C1. The summed E-state index contributed by atoms with van der Waals surface area (Å²) in [5.41, 5.74) is 2.14. The Labute approximate surface area is 120 Å². The number of hydrogen-bond donors (Lipinski definition) is 1. The lowest BCUT2D eigenvalue weighted by Crippen LogP contribution is -2.42. The van der Waals surface area contributed by atoms with E-state index in [9.17, 15) is 5.11 Å². The van der Waals surface area contributed by atoms with E-state index in [0.29, 0.717) is 5.02 Å². The number of rotatable bonds is 2. The summed E-state index contributed by atoms with van der Waals surface area (Å²) in [6.45, 7) is 2.34. The van der Waals surface area contributed by atoms with Gasteiger partial charge in [0.15, 0.2) is 0 Å². The second-order valence-corrected chi connectivity index (χ2v) is 6.41. The second kappa shape index (κ2) is 5.72. The maximum absolute atomic E-state index is 9.52. The van der Waals surface area contributed by atoms with Crippen molar-refractivity contribution in [2.75, 3.05) is 18.0 Å². The van der Waals surface area contributed by atoms with Crippen molar-refractivity contribution in [1.29, 1.82) is 0 Å². The molecule has 1 N–H and O–H groups in total. The summed E-state index contributed by atoms with van der Waals surface area (Å²) >= 11 is 6.02. The molecule has 2 nitrogen and oxygen atoms in total. The van der Waals surface area contributed by atoms with Crippen LogP contribution in [0.4, 0.5) is 5.69 Å². The molecule has 19 heavy (non-hydrogen) atoms. The highest BCUT2D eigenvalue weighted by Gasteiger charge is 2.31. The van der Waals surface area contributed by atoms with Crippen LogP contribution in [0.5, 0.6) is 0 Å². The average Bonchev–Trinajstić information content (AvgIpc) is 2.46. The first-order chi connectivity index (χ1) is 9.28. The molecule has 104 valence electrons. The van der Waals surface area contributed by atoms with Crippen molar-refractivity contribution in [2.24, 2.45) is 11.8 Å². The highest BCUT2D eigenvalue weighted by molar-refractivity contribution is 6.30. The minimum Gasteiger partial charge on any atom is -0.392 e. The predicted molar refractivity (Wildman–Crippen MR) is 79.7 cm³/mol. The average molecular weight is 280 g/mol. The van der Waals surface area contributed by atoms with E-state index in [0.717, 1.165) is 30.5 Å². The van der Waals surface area contributed by atoms with Crippen LogP contribution in [-0.4, -0.2) is 18.2 Å². The molecule has 1 saturated carbocycles. The molecule has 1 saturated heterocycles. The summed E-state index contributed by atoms with van der Waals surface area (Å²) in [4.78, 5) is 2.45. The molecule has 0 amide bonds. The standard InChI is InChI=1S/C16H22ClNO/c17-15-5-6-16(14(9-15)11-19)18-8-7-12-3-1-2-4-13(12)10-18/h5-6,9,12-13,19H,1-4,7-8,10-11H2. The van der Waals surface area contributed by atoms with Crippen molar-refractivity contribution in [2.45, 2.75) is 38.7 Å². The van der Waals surface area contributed by atoms with E-state index in [-0.39, 0.29) is 6.61 Å². The molecule has 1 aromatic rings. The number of nitrogens with zero attached hydrogens (tertiary/aromatic N) is 1. The van der Waals surface area contributed by atoms with Crippen molar-refractivity contribution in [3.63, 3.8) is 0 Å². The molecular formula is C16H22ClNO. The van der Waals surface area contributed by atoms with Gasteiger partial charge in [-0.1, -0.05) is 30.9 Å². The van der Waals surface area contributed by atoms with E-state index >= 15 is 0 Å². The van der Waals surface area contributed by atoms with Crippen LogP contribution in [0, 0.1) is 11.8 Å². The van der Waals surface area contributed by atoms with Crippen molar-refractivity contribution in [3.05, 3.63) is 28.8 Å². The van der Waals surface area contributed by atoms with E-state index in [1.165, 1.54) is 37.8 Å². The zero-order valence-electron chi connectivity index (χ0n) is 11.3. The van der Waals surface area contributed by atoms with Gasteiger partial charge in [-0.2, -0.15) is 0 Å². The maximum Gasteiger partial charge on any atom is 0.0702 e. The molecule has 3 rings (SSSR count). The van der Waals surface area contributed by atoms with Crippen LogP contribution in [0.3, 0.4) is 0 Å². The lowest BCUT2D eigenvalue weighted by atomic mass is 9.75. The lowest BCUT2D eigenvalue weighted by molar-refractivity contribution is 0.202. The van der Waals surface area contributed by atoms with Gasteiger partial charge in [-0.3, -0.25) is 0 Å². The van der Waals surface area contributed by atoms with Gasteiger partial charge in [0, 0.05) is 29.4 Å². The van der Waals surface area contributed by atoms with Gasteiger partial charge in [0.1, 0.15) is 0 Å². The van der Waals surface area contributed by atoms with Crippen LogP contribution >= 0.6 is 11.6 Å². The minimum absolute atomic E-state index is 0.0699. The highest BCUT2D eigenvalue weighted by Crippen LogP contribution is 2.38. The van der Waals surface area contributed by atoms with Gasteiger partial charge in [0.2, 0.25) is 0 Å². The van der Waals surface area contributed by atoms with Crippen molar-refractivity contribution in [3.8, 4) is 0 Å². The Bertz CT molecular complexity index is 448. The zero-order chi connectivity index (χ0) is 13.2. The number of hydrogen-bond acceptors (Lipinski definition) is 2. The Morgan fingerprint density at radius 2 is 1.95 bits per heavy atom. The molecule has 0 radical (unpaired) electrons. The number of anilines is 1. The molecule has 1 aromatic carbocycles. The fourth-order valence-electron chi connectivity index (χ4n) is 3.81. The molecule has 1 heterocycles. The Morgan fingerprint density at radius 1 is 1.16 bits per heavy atom. The van der Waals surface area contributed by atoms with Crippen LogP contribution in [0.1, 0.15) is 37.7 Å². The Morgan fingerprint density at radius 3 is 2.74 bits per heavy atom. The number of fused-ring (bicyclic) bond motifs is 1. The molecule has 2 atom stereocenters. The van der Waals surface area contributed by atoms with Gasteiger partial charge in [0.05, 0.1) is 6.61 Å². The lowest BCUT2D eigenvalue weighted by Gasteiger charge is -2.42. The maximum atomic E-state index is 9.52. The molecule has 2 aliphatic rings. The predicted octanol–water partition coefficient (Wildman–Crippen LogP) is 3.85. The summed E-state index contributed by atoms with van der Waals surface area (Å²) in [6.07, 6.45) is 6.92. The third-order valence-electron chi connectivity index (χ3n) is 4.84. The van der Waals surface area contributed by atoms with E-state index < -0.39 is 0 Å². The van der Waals surface area contributed by atoms with Crippen LogP contribution < -0.4 is 4.90 Å². The van der Waals surface area contributed by atoms with Crippen molar-refractivity contribution >= 4 is 17.3 Å². The molecule has 1 aliphatic carbocycles. The number of aliphatic hydroxyl groups excluding tert-OH is 1. The highest BCUT2D eigenvalue weighted by atomic mass is 35.5. The van der Waals surface area contributed by atoms with Gasteiger partial charge < -0.3 is 10.0 Å². The summed E-state index contributed by atoms with van der Waals surface area (Å²) in [5.74, 6) is 1.79. The smallest absolute Gasteiger partial charge is 0.0702 e. The van der Waals surface area contributed by atoms with Crippen molar-refractivity contribution in [1.82, 2.24) is 0 Å². The Hall–Kier alpha value is -0.730. The van der Waals surface area contributed by atoms with E-state index in [1.807, 2.05) is 12.1 Å². The number of piperidine rings is 1. The van der Waals surface area contributed by atoms with E-state index in [4.69, 9.17) is 11.6 Å². The molecule has 2 unspecified atom stereocenters. The largest absolute Gasteiger partial charge is 0.392 e. The first kappa shape index (κ1) is 13.3. The monoisotopic (exact) mass is 279 g/mol. The summed E-state index contributed by atoms with van der Waals surface area (Å²) < 4.78 is 0. The fourth-order valence-corrected chi connectivity index (χ4v) is 4.00. The van der Waals surface area contributed by atoms with Gasteiger partial charge in [-0.05, 0) is 42.9 Å². The Balaban J connectivity index is 1.79. The molecule has 0 spiro atoms. The van der Waals surface area contributed by atoms with Crippen molar-refractivity contribution < 1.29 is 5.11 Å². The van der Waals surface area contributed by atoms with Gasteiger partial charge in [-0.15, -0.1) is 0 Å². The van der Waals surface area contributed by atoms with Gasteiger partial charge >= 0.3 is 0 Å². The molecule has 2 fully saturated rings. The van der Waals surface area contributed by atoms with Crippen LogP contribution in [0.2, 0.25) is 5.02 Å². The number of aliphatic hydroxyl groups is 1. The first-order valence-corrected chi connectivity index (χ1v) is 7.80. The topological polar surface area (TPSA) is 23.5 Å². The van der Waals surface area contributed by atoms with Crippen LogP contribution in [0.15, 0.2) is 18.2 Å².